The number of thiophene rings is 1. The Hall–Kier alpha value is -2.09. The van der Waals surface area contributed by atoms with Gasteiger partial charge in [0.1, 0.15) is 5.00 Å². The molecule has 7 nitrogen and oxygen atoms in total. The molecule has 0 atom stereocenters. The van der Waals surface area contributed by atoms with Gasteiger partial charge in [-0.3, -0.25) is 10.1 Å². The van der Waals surface area contributed by atoms with Gasteiger partial charge in [0.2, 0.25) is 0 Å². The van der Waals surface area contributed by atoms with Gasteiger partial charge in [-0.15, -0.1) is 11.3 Å². The van der Waals surface area contributed by atoms with Crippen LogP contribution in [0, 0.1) is 0 Å². The van der Waals surface area contributed by atoms with Gasteiger partial charge in [0, 0.05) is 11.4 Å². The summed E-state index contributed by atoms with van der Waals surface area (Å²) in [4.78, 5) is 35.1. The Kier molecular flexibility index (Phi) is 4.79. The van der Waals surface area contributed by atoms with Crippen molar-refractivity contribution in [1.82, 2.24) is 5.32 Å². The summed E-state index contributed by atoms with van der Waals surface area (Å²) in [7, 11) is 1.30. The van der Waals surface area contributed by atoms with Crippen LogP contribution >= 0.6 is 11.3 Å². The average Bonchev–Trinajstić information content (AvgIpc) is 2.97. The number of ether oxygens (including phenoxy) is 1. The van der Waals surface area contributed by atoms with Crippen LogP contribution in [0.2, 0.25) is 0 Å². The monoisotopic (exact) mass is 312 g/mol. The van der Waals surface area contributed by atoms with E-state index in [0.717, 1.165) is 29.7 Å². The zero-order valence-electron chi connectivity index (χ0n) is 11.5. The molecule has 1 heterocycles. The standard InChI is InChI=1S/C13H16N2O5S/c1-20-12(18)10-7-3-2-4-8(7)21-11(10)15-13(19)14-6-5-9(16)17/h2-6H2,1H3,(H,16,17)(H2,14,15,19). The molecule has 0 fully saturated rings. The Morgan fingerprint density at radius 1 is 1.33 bits per heavy atom. The summed E-state index contributed by atoms with van der Waals surface area (Å²) in [5, 5.41) is 14.0. The number of amides is 2. The fourth-order valence-corrected chi connectivity index (χ4v) is 3.51. The third-order valence-electron chi connectivity index (χ3n) is 3.16. The van der Waals surface area contributed by atoms with Gasteiger partial charge in [-0.2, -0.15) is 0 Å². The SMILES string of the molecule is COC(=O)c1c(NC(=O)NCCC(=O)O)sc2c1CCC2. The molecular formula is C13H16N2O5S. The zero-order valence-corrected chi connectivity index (χ0v) is 12.3. The highest BCUT2D eigenvalue weighted by atomic mass is 32.1. The number of esters is 1. The topological polar surface area (TPSA) is 105 Å². The highest BCUT2D eigenvalue weighted by molar-refractivity contribution is 7.17. The molecule has 0 saturated carbocycles. The van der Waals surface area contributed by atoms with Gasteiger partial charge in [0.25, 0.3) is 0 Å². The number of aliphatic carboxylic acids is 1. The molecule has 0 bridgehead atoms. The molecule has 0 unspecified atom stereocenters. The van der Waals surface area contributed by atoms with E-state index in [4.69, 9.17) is 9.84 Å². The van der Waals surface area contributed by atoms with Crippen LogP contribution in [0.5, 0.6) is 0 Å². The fraction of sp³-hybridized carbons (Fsp3) is 0.462. The maximum atomic E-state index is 11.9. The Balaban J connectivity index is 2.08. The lowest BCUT2D eigenvalue weighted by molar-refractivity contribution is -0.136. The van der Waals surface area contributed by atoms with E-state index >= 15 is 0 Å². The highest BCUT2D eigenvalue weighted by Gasteiger charge is 2.27. The lowest BCUT2D eigenvalue weighted by Gasteiger charge is -2.07. The van der Waals surface area contributed by atoms with E-state index in [1.165, 1.54) is 18.4 Å². The van der Waals surface area contributed by atoms with Crippen LogP contribution in [-0.2, 0) is 22.4 Å². The van der Waals surface area contributed by atoms with Crippen LogP contribution in [0.25, 0.3) is 0 Å². The van der Waals surface area contributed by atoms with Crippen molar-refractivity contribution in [2.75, 3.05) is 19.0 Å². The maximum Gasteiger partial charge on any atom is 0.341 e. The molecular weight excluding hydrogens is 296 g/mol. The van der Waals surface area contributed by atoms with E-state index in [2.05, 4.69) is 10.6 Å². The first-order chi connectivity index (χ1) is 10.0. The summed E-state index contributed by atoms with van der Waals surface area (Å²) in [6, 6.07) is -0.527. The van der Waals surface area contributed by atoms with E-state index in [1.54, 1.807) is 0 Å². The minimum absolute atomic E-state index is 0.0276. The third kappa shape index (κ3) is 3.52. The molecule has 3 N–H and O–H groups in total. The third-order valence-corrected chi connectivity index (χ3v) is 4.37. The smallest absolute Gasteiger partial charge is 0.341 e. The molecule has 0 spiro atoms. The van der Waals surface area contributed by atoms with Crippen molar-refractivity contribution in [3.63, 3.8) is 0 Å². The van der Waals surface area contributed by atoms with Crippen molar-refractivity contribution in [1.29, 1.82) is 0 Å². The Bertz CT molecular complexity index is 581. The van der Waals surface area contributed by atoms with Crippen LogP contribution in [0.4, 0.5) is 9.80 Å². The molecule has 0 saturated heterocycles. The van der Waals surface area contributed by atoms with E-state index in [-0.39, 0.29) is 13.0 Å². The lowest BCUT2D eigenvalue weighted by atomic mass is 10.1. The number of aryl methyl sites for hydroxylation is 1. The average molecular weight is 312 g/mol. The molecule has 2 rings (SSSR count). The van der Waals surface area contributed by atoms with E-state index in [0.29, 0.717) is 10.6 Å². The number of carbonyl (C=O) groups is 3. The van der Waals surface area contributed by atoms with Crippen LogP contribution < -0.4 is 10.6 Å². The molecule has 2 amide bonds. The zero-order chi connectivity index (χ0) is 15.4. The predicted octanol–water partition coefficient (Wildman–Crippen LogP) is 1.62. The number of hydrogen-bond acceptors (Lipinski definition) is 5. The number of carboxylic acids is 1. The number of carbonyl (C=O) groups excluding carboxylic acids is 2. The summed E-state index contributed by atoms with van der Waals surface area (Å²) in [5.41, 5.74) is 1.37. The second kappa shape index (κ2) is 6.57. The van der Waals surface area contributed by atoms with Crippen LogP contribution in [-0.4, -0.2) is 36.7 Å². The molecule has 0 aliphatic heterocycles. The first kappa shape index (κ1) is 15.3. The number of hydrogen-bond donors (Lipinski definition) is 3. The number of nitrogens with one attached hydrogen (secondary N) is 2. The molecule has 114 valence electrons. The summed E-state index contributed by atoms with van der Waals surface area (Å²) in [5.74, 6) is -1.45. The second-order valence-corrected chi connectivity index (χ2v) is 5.68. The Morgan fingerprint density at radius 3 is 2.76 bits per heavy atom. The minimum Gasteiger partial charge on any atom is -0.481 e. The largest absolute Gasteiger partial charge is 0.481 e. The van der Waals surface area contributed by atoms with Crippen molar-refractivity contribution in [2.45, 2.75) is 25.7 Å². The molecule has 1 aromatic heterocycles. The lowest BCUT2D eigenvalue weighted by Crippen LogP contribution is -2.30. The number of urea groups is 1. The predicted molar refractivity (Wildman–Crippen MR) is 77.0 cm³/mol. The van der Waals surface area contributed by atoms with Gasteiger partial charge < -0.3 is 15.2 Å². The first-order valence-corrected chi connectivity index (χ1v) is 7.34. The second-order valence-electron chi connectivity index (χ2n) is 4.58. The van der Waals surface area contributed by atoms with Crippen molar-refractivity contribution >= 4 is 34.3 Å². The minimum atomic E-state index is -0.986. The number of fused-ring (bicyclic) bond motifs is 1. The normalized spacial score (nSPS) is 12.6. The summed E-state index contributed by atoms with van der Waals surface area (Å²) in [6.45, 7) is 0.0276. The van der Waals surface area contributed by atoms with Crippen molar-refractivity contribution in [3.8, 4) is 0 Å². The first-order valence-electron chi connectivity index (χ1n) is 6.52. The quantitative estimate of drug-likeness (QED) is 0.717. The van der Waals surface area contributed by atoms with Gasteiger partial charge in [-0.25, -0.2) is 9.59 Å². The van der Waals surface area contributed by atoms with Crippen molar-refractivity contribution in [3.05, 3.63) is 16.0 Å². The number of rotatable bonds is 5. The molecule has 1 aliphatic rings. The van der Waals surface area contributed by atoms with E-state index < -0.39 is 18.0 Å². The fourth-order valence-electron chi connectivity index (χ4n) is 2.24. The summed E-state index contributed by atoms with van der Waals surface area (Å²) >= 11 is 1.37. The number of carboxylic acid groups (broad SMARTS) is 1. The number of anilines is 1. The number of methoxy groups -OCH3 is 1. The molecule has 8 heteroatoms. The van der Waals surface area contributed by atoms with Gasteiger partial charge in [0.05, 0.1) is 19.1 Å². The van der Waals surface area contributed by atoms with E-state index in [1.807, 2.05) is 0 Å². The highest BCUT2D eigenvalue weighted by Crippen LogP contribution is 2.39. The molecule has 0 aromatic carbocycles. The van der Waals surface area contributed by atoms with Gasteiger partial charge in [-0.1, -0.05) is 0 Å². The molecule has 21 heavy (non-hydrogen) atoms. The summed E-state index contributed by atoms with van der Waals surface area (Å²) < 4.78 is 4.77. The van der Waals surface area contributed by atoms with Crippen LogP contribution in [0.1, 0.15) is 33.6 Å². The van der Waals surface area contributed by atoms with Crippen molar-refractivity contribution < 1.29 is 24.2 Å². The van der Waals surface area contributed by atoms with Gasteiger partial charge in [-0.05, 0) is 24.8 Å². The van der Waals surface area contributed by atoms with Gasteiger partial charge >= 0.3 is 18.0 Å². The summed E-state index contributed by atoms with van der Waals surface area (Å²) in [6.07, 6.45) is 2.54. The van der Waals surface area contributed by atoms with E-state index in [9.17, 15) is 14.4 Å². The van der Waals surface area contributed by atoms with Crippen molar-refractivity contribution in [2.24, 2.45) is 0 Å². The maximum absolute atomic E-state index is 11.9. The van der Waals surface area contributed by atoms with Crippen LogP contribution in [0.3, 0.4) is 0 Å². The Labute approximate surface area is 125 Å². The molecule has 1 aliphatic carbocycles. The Morgan fingerprint density at radius 2 is 2.10 bits per heavy atom. The molecule has 0 radical (unpaired) electrons. The van der Waals surface area contributed by atoms with Crippen LogP contribution in [0.15, 0.2) is 0 Å². The van der Waals surface area contributed by atoms with Gasteiger partial charge in [0.15, 0.2) is 0 Å². The molecule has 1 aromatic rings.